The Balaban J connectivity index is 1.68. The molecule has 0 amide bonds. The molecule has 0 saturated heterocycles. The number of benzene rings is 2. The fourth-order valence-corrected chi connectivity index (χ4v) is 6.30. The highest BCUT2D eigenvalue weighted by Crippen LogP contribution is 2.36. The smallest absolute Gasteiger partial charge is 0.338 e. The summed E-state index contributed by atoms with van der Waals surface area (Å²) in [5.74, 6) is 1.34. The normalized spacial score (nSPS) is 15.1. The van der Waals surface area contributed by atoms with Gasteiger partial charge in [0.1, 0.15) is 17.3 Å². The summed E-state index contributed by atoms with van der Waals surface area (Å²) in [6, 6.07) is 15.8. The molecule has 2 aromatic heterocycles. The maximum absolute atomic E-state index is 13.9. The molecule has 2 aromatic carbocycles. The van der Waals surface area contributed by atoms with Crippen LogP contribution in [0, 0.1) is 0 Å². The second-order valence-electron chi connectivity index (χ2n) is 9.02. The Kier molecular flexibility index (Phi) is 8.44. The van der Waals surface area contributed by atoms with E-state index in [4.69, 9.17) is 30.5 Å². The maximum atomic E-state index is 13.9. The number of hydrogen-bond donors (Lipinski definition) is 0. The van der Waals surface area contributed by atoms with Crippen molar-refractivity contribution in [1.29, 1.82) is 0 Å². The lowest BCUT2D eigenvalue weighted by molar-refractivity contribution is -0.139. The van der Waals surface area contributed by atoms with Crippen LogP contribution in [0.2, 0.25) is 5.02 Å². The topological polar surface area (TPSA) is 83.0 Å². The number of carbonyl (C=O) groups excluding carboxylic acids is 1. The standard InChI is InChI=1S/C30H26BrClN2O5S/c1-4-6-22-26(29(36)38-5-2)27(18-9-13-24(37-3)21(31)15-18)34-28(35)25(40-30(34)33-22)16-20-12-14-23(39-20)17-7-10-19(32)11-8-17/h7-16,27H,4-6H2,1-3H3/b25-16-. The van der Waals surface area contributed by atoms with Crippen LogP contribution in [0.1, 0.15) is 44.1 Å². The number of hydrogen-bond acceptors (Lipinski definition) is 7. The average Bonchev–Trinajstić information content (AvgIpc) is 3.53. The number of fused-ring (bicyclic) bond motifs is 1. The third-order valence-corrected chi connectivity index (χ3v) is 8.27. The molecule has 0 radical (unpaired) electrons. The molecule has 0 saturated carbocycles. The van der Waals surface area contributed by atoms with E-state index in [-0.39, 0.29) is 12.2 Å². The fourth-order valence-electron chi connectivity index (χ4n) is 4.62. The first-order valence-corrected chi connectivity index (χ1v) is 14.7. The number of ether oxygens (including phenoxy) is 2. The van der Waals surface area contributed by atoms with Crippen molar-refractivity contribution in [2.24, 2.45) is 4.99 Å². The van der Waals surface area contributed by atoms with Crippen molar-refractivity contribution >= 4 is 50.9 Å². The van der Waals surface area contributed by atoms with Crippen molar-refractivity contribution in [3.8, 4) is 17.1 Å². The Morgan fingerprint density at radius 3 is 2.62 bits per heavy atom. The van der Waals surface area contributed by atoms with Gasteiger partial charge in [-0.25, -0.2) is 9.79 Å². The molecule has 10 heteroatoms. The first-order chi connectivity index (χ1) is 19.3. The number of thiazole rings is 1. The van der Waals surface area contributed by atoms with Gasteiger partial charge in [-0.05, 0) is 83.4 Å². The highest BCUT2D eigenvalue weighted by molar-refractivity contribution is 9.10. The molecule has 0 fully saturated rings. The summed E-state index contributed by atoms with van der Waals surface area (Å²) in [7, 11) is 1.58. The molecule has 1 atom stereocenters. The van der Waals surface area contributed by atoms with Crippen LogP contribution in [0.5, 0.6) is 5.75 Å². The molecule has 0 aliphatic carbocycles. The van der Waals surface area contributed by atoms with Crippen LogP contribution in [-0.4, -0.2) is 24.3 Å². The van der Waals surface area contributed by atoms with Gasteiger partial charge in [0, 0.05) is 16.7 Å². The van der Waals surface area contributed by atoms with Crippen LogP contribution < -0.4 is 19.6 Å². The number of halogens is 2. The minimum absolute atomic E-state index is 0.208. The number of carbonyl (C=O) groups is 1. The summed E-state index contributed by atoms with van der Waals surface area (Å²) in [6.45, 7) is 3.99. The SMILES string of the molecule is CCCC1=C(C(=O)OCC)C(c2ccc(OC)c(Br)c2)n2c(s/c(=C\c3ccc(-c4ccc(Cl)cc4)o3)c2=O)=N1. The van der Waals surface area contributed by atoms with E-state index in [0.717, 1.165) is 17.5 Å². The molecule has 1 aliphatic heterocycles. The highest BCUT2D eigenvalue weighted by Gasteiger charge is 2.34. The largest absolute Gasteiger partial charge is 0.496 e. The molecule has 206 valence electrons. The molecule has 3 heterocycles. The summed E-state index contributed by atoms with van der Waals surface area (Å²) < 4.78 is 19.6. The summed E-state index contributed by atoms with van der Waals surface area (Å²) in [6.07, 6.45) is 3.04. The van der Waals surface area contributed by atoms with Crippen molar-refractivity contribution in [2.45, 2.75) is 32.7 Å². The molecule has 0 bridgehead atoms. The van der Waals surface area contributed by atoms with E-state index in [1.165, 1.54) is 11.3 Å². The minimum Gasteiger partial charge on any atom is -0.496 e. The van der Waals surface area contributed by atoms with Crippen LogP contribution in [0.15, 0.2) is 84.5 Å². The van der Waals surface area contributed by atoms with E-state index in [1.54, 1.807) is 42.9 Å². The molecule has 40 heavy (non-hydrogen) atoms. The Hall–Kier alpha value is -3.40. The number of aromatic nitrogens is 1. The Bertz CT molecular complexity index is 1790. The van der Waals surface area contributed by atoms with Crippen molar-refractivity contribution in [3.63, 3.8) is 0 Å². The zero-order valence-corrected chi connectivity index (χ0v) is 25.2. The lowest BCUT2D eigenvalue weighted by atomic mass is 9.94. The van der Waals surface area contributed by atoms with Gasteiger partial charge in [-0.3, -0.25) is 9.36 Å². The van der Waals surface area contributed by atoms with Crippen molar-refractivity contribution < 1.29 is 18.7 Å². The minimum atomic E-state index is -0.720. The van der Waals surface area contributed by atoms with Crippen molar-refractivity contribution in [3.05, 3.63) is 106 Å². The van der Waals surface area contributed by atoms with Gasteiger partial charge in [0.15, 0.2) is 4.80 Å². The monoisotopic (exact) mass is 640 g/mol. The second-order valence-corrected chi connectivity index (χ2v) is 11.3. The van der Waals surface area contributed by atoms with E-state index in [1.807, 2.05) is 43.3 Å². The molecule has 0 N–H and O–H groups in total. The summed E-state index contributed by atoms with van der Waals surface area (Å²) in [5.41, 5.74) is 2.31. The van der Waals surface area contributed by atoms with E-state index in [0.29, 0.717) is 53.8 Å². The first-order valence-electron chi connectivity index (χ1n) is 12.8. The summed E-state index contributed by atoms with van der Waals surface area (Å²) in [5, 5.41) is 0.639. The lowest BCUT2D eigenvalue weighted by Crippen LogP contribution is -2.40. The van der Waals surface area contributed by atoms with E-state index in [9.17, 15) is 9.59 Å². The molecule has 4 aromatic rings. The Morgan fingerprint density at radius 1 is 1.18 bits per heavy atom. The van der Waals surface area contributed by atoms with Gasteiger partial charge < -0.3 is 13.9 Å². The quantitative estimate of drug-likeness (QED) is 0.212. The van der Waals surface area contributed by atoms with Gasteiger partial charge in [0.25, 0.3) is 5.56 Å². The number of rotatable bonds is 8. The average molecular weight is 642 g/mol. The van der Waals surface area contributed by atoms with Gasteiger partial charge in [0.2, 0.25) is 0 Å². The van der Waals surface area contributed by atoms with E-state index >= 15 is 0 Å². The van der Waals surface area contributed by atoms with E-state index < -0.39 is 12.0 Å². The van der Waals surface area contributed by atoms with Crippen molar-refractivity contribution in [1.82, 2.24) is 4.57 Å². The van der Waals surface area contributed by atoms with Crippen LogP contribution in [0.3, 0.4) is 0 Å². The zero-order valence-electron chi connectivity index (χ0n) is 22.1. The highest BCUT2D eigenvalue weighted by atomic mass is 79.9. The number of nitrogens with zero attached hydrogens (tertiary/aromatic N) is 2. The number of methoxy groups -OCH3 is 1. The second kappa shape index (κ2) is 12.0. The molecule has 1 unspecified atom stereocenters. The Morgan fingerprint density at radius 2 is 1.95 bits per heavy atom. The predicted octanol–water partition coefficient (Wildman–Crippen LogP) is 6.26. The van der Waals surface area contributed by atoms with Gasteiger partial charge in [-0.2, -0.15) is 0 Å². The maximum Gasteiger partial charge on any atom is 0.338 e. The van der Waals surface area contributed by atoms with Crippen LogP contribution in [0.4, 0.5) is 0 Å². The third-order valence-electron chi connectivity index (χ3n) is 6.41. The van der Waals surface area contributed by atoms with Gasteiger partial charge in [-0.15, -0.1) is 0 Å². The van der Waals surface area contributed by atoms with Gasteiger partial charge in [-0.1, -0.05) is 42.3 Å². The Labute approximate surface area is 248 Å². The molecule has 7 nitrogen and oxygen atoms in total. The van der Waals surface area contributed by atoms with Crippen LogP contribution in [-0.2, 0) is 9.53 Å². The number of esters is 1. The zero-order chi connectivity index (χ0) is 28.4. The molecular formula is C30H26BrClN2O5S. The number of allylic oxidation sites excluding steroid dienone is 1. The van der Waals surface area contributed by atoms with Gasteiger partial charge in [0.05, 0.1) is 40.0 Å². The fraction of sp³-hybridized carbons (Fsp3) is 0.233. The predicted molar refractivity (Wildman–Crippen MR) is 159 cm³/mol. The van der Waals surface area contributed by atoms with Crippen LogP contribution >= 0.6 is 38.9 Å². The van der Waals surface area contributed by atoms with E-state index in [2.05, 4.69) is 15.9 Å². The molecular weight excluding hydrogens is 616 g/mol. The molecule has 1 aliphatic rings. The van der Waals surface area contributed by atoms with Gasteiger partial charge >= 0.3 is 5.97 Å². The summed E-state index contributed by atoms with van der Waals surface area (Å²) in [4.78, 5) is 32.6. The molecule has 5 rings (SSSR count). The molecule has 0 spiro atoms. The third kappa shape index (κ3) is 5.46. The van der Waals surface area contributed by atoms with Crippen LogP contribution in [0.25, 0.3) is 17.4 Å². The summed E-state index contributed by atoms with van der Waals surface area (Å²) >= 11 is 10.8. The first kappa shape index (κ1) is 28.1. The number of furan rings is 1. The lowest BCUT2D eigenvalue weighted by Gasteiger charge is -2.26. The van der Waals surface area contributed by atoms with Crippen molar-refractivity contribution in [2.75, 3.05) is 13.7 Å².